The smallest absolute Gasteiger partial charge is 0.239 e. The zero-order chi connectivity index (χ0) is 31.3. The number of hydrogen-bond acceptors (Lipinski definition) is 16. The lowest BCUT2D eigenvalue weighted by molar-refractivity contribution is -0.318. The number of hydrogen-bond donors (Lipinski definition) is 10. The third kappa shape index (κ3) is 5.67. The SMILES string of the molecule is C[C@@H]1O[C@@H](OC[C@H]2O[C@@H](Oc3c(-c4ccc(O)c(O)c4)oc4cc(O)cc(O)c4c3=O)[C@@H](O)[C@@H](O)[C@H]2O)[C@@H](O)[C@@H](O)[C@@H]1O. The Bertz CT molecular complexity index is 1540. The van der Waals surface area contributed by atoms with Gasteiger partial charge in [-0.05, 0) is 25.1 Å². The summed E-state index contributed by atoms with van der Waals surface area (Å²) >= 11 is 0. The molecule has 2 fully saturated rings. The summed E-state index contributed by atoms with van der Waals surface area (Å²) in [6.45, 7) is 0.818. The van der Waals surface area contributed by atoms with E-state index in [1.54, 1.807) is 0 Å². The Labute approximate surface area is 241 Å². The Morgan fingerprint density at radius 2 is 1.42 bits per heavy atom. The monoisotopic (exact) mass is 610 g/mol. The molecule has 0 radical (unpaired) electrons. The highest BCUT2D eigenvalue weighted by atomic mass is 16.7. The van der Waals surface area contributed by atoms with Gasteiger partial charge in [-0.25, -0.2) is 0 Å². The summed E-state index contributed by atoms with van der Waals surface area (Å²) in [5, 5.41) is 101. The van der Waals surface area contributed by atoms with E-state index in [2.05, 4.69) is 0 Å². The van der Waals surface area contributed by atoms with E-state index >= 15 is 0 Å². The number of rotatable bonds is 6. The van der Waals surface area contributed by atoms with Crippen molar-refractivity contribution in [2.24, 2.45) is 0 Å². The summed E-state index contributed by atoms with van der Waals surface area (Å²) in [7, 11) is 0. The van der Waals surface area contributed by atoms with Crippen LogP contribution in [-0.4, -0.2) is 119 Å². The Kier molecular flexibility index (Phi) is 8.41. The molecule has 234 valence electrons. The van der Waals surface area contributed by atoms with Gasteiger partial charge in [0.05, 0.1) is 12.7 Å². The van der Waals surface area contributed by atoms with Gasteiger partial charge in [0, 0.05) is 17.7 Å². The zero-order valence-corrected chi connectivity index (χ0v) is 22.3. The topological polar surface area (TPSA) is 269 Å². The minimum Gasteiger partial charge on any atom is -0.508 e. The van der Waals surface area contributed by atoms with E-state index in [0.29, 0.717) is 0 Å². The van der Waals surface area contributed by atoms with Gasteiger partial charge in [0.2, 0.25) is 17.5 Å². The molecule has 3 aromatic rings. The first-order chi connectivity index (χ1) is 20.3. The van der Waals surface area contributed by atoms with E-state index in [1.165, 1.54) is 13.0 Å². The number of fused-ring (bicyclic) bond motifs is 1. The third-order valence-electron chi connectivity index (χ3n) is 7.29. The molecular weight excluding hydrogens is 580 g/mol. The number of aliphatic hydroxyl groups is 6. The molecule has 10 atom stereocenters. The fourth-order valence-corrected chi connectivity index (χ4v) is 4.84. The number of ether oxygens (including phenoxy) is 4. The maximum Gasteiger partial charge on any atom is 0.239 e. The molecule has 10 N–H and O–H groups in total. The van der Waals surface area contributed by atoms with E-state index < -0.39 is 113 Å². The summed E-state index contributed by atoms with van der Waals surface area (Å²) in [6, 6.07) is 5.24. The molecule has 5 rings (SSSR count). The van der Waals surface area contributed by atoms with E-state index in [4.69, 9.17) is 23.4 Å². The van der Waals surface area contributed by atoms with Gasteiger partial charge in [0.1, 0.15) is 65.2 Å². The molecule has 0 saturated carbocycles. The summed E-state index contributed by atoms with van der Waals surface area (Å²) in [5.41, 5.74) is -1.35. The van der Waals surface area contributed by atoms with E-state index in [9.17, 15) is 55.9 Å². The highest BCUT2D eigenvalue weighted by Gasteiger charge is 2.47. The summed E-state index contributed by atoms with van der Waals surface area (Å²) < 4.78 is 27.8. The lowest BCUT2D eigenvalue weighted by Crippen LogP contribution is -2.61. The molecule has 0 amide bonds. The second kappa shape index (κ2) is 11.8. The second-order valence-corrected chi connectivity index (χ2v) is 10.3. The molecule has 16 nitrogen and oxygen atoms in total. The Hall–Kier alpha value is -3.71. The van der Waals surface area contributed by atoms with Crippen molar-refractivity contribution in [3.63, 3.8) is 0 Å². The van der Waals surface area contributed by atoms with Crippen LogP contribution in [0.1, 0.15) is 6.92 Å². The summed E-state index contributed by atoms with van der Waals surface area (Å²) in [5.74, 6) is -3.33. The van der Waals surface area contributed by atoms with Crippen LogP contribution in [0.15, 0.2) is 39.5 Å². The van der Waals surface area contributed by atoms with Crippen molar-refractivity contribution in [1.82, 2.24) is 0 Å². The van der Waals surface area contributed by atoms with Crippen molar-refractivity contribution >= 4 is 11.0 Å². The van der Waals surface area contributed by atoms with Crippen molar-refractivity contribution in [3.8, 4) is 40.1 Å². The van der Waals surface area contributed by atoms with Crippen molar-refractivity contribution in [3.05, 3.63) is 40.6 Å². The van der Waals surface area contributed by atoms with Gasteiger partial charge < -0.3 is 74.4 Å². The van der Waals surface area contributed by atoms with Crippen LogP contribution >= 0.6 is 0 Å². The van der Waals surface area contributed by atoms with Crippen LogP contribution in [-0.2, 0) is 14.2 Å². The van der Waals surface area contributed by atoms with E-state index in [-0.39, 0.29) is 11.1 Å². The van der Waals surface area contributed by atoms with Crippen molar-refractivity contribution < 1.29 is 74.4 Å². The molecule has 0 unspecified atom stereocenters. The number of aromatic hydroxyl groups is 4. The van der Waals surface area contributed by atoms with Crippen LogP contribution in [0.4, 0.5) is 0 Å². The largest absolute Gasteiger partial charge is 0.508 e. The predicted molar refractivity (Wildman–Crippen MR) is 140 cm³/mol. The first-order valence-corrected chi connectivity index (χ1v) is 13.0. The fraction of sp³-hybridized carbons (Fsp3) is 0.444. The highest BCUT2D eigenvalue weighted by Crippen LogP contribution is 2.39. The molecule has 2 aliphatic rings. The van der Waals surface area contributed by atoms with Gasteiger partial charge in [0.25, 0.3) is 0 Å². The molecule has 0 spiro atoms. The third-order valence-corrected chi connectivity index (χ3v) is 7.29. The average Bonchev–Trinajstić information content (AvgIpc) is 2.96. The minimum absolute atomic E-state index is 0.0313. The molecular formula is C27H30O16. The van der Waals surface area contributed by atoms with Crippen LogP contribution in [0.3, 0.4) is 0 Å². The van der Waals surface area contributed by atoms with Crippen LogP contribution in [0.2, 0.25) is 0 Å². The van der Waals surface area contributed by atoms with Crippen molar-refractivity contribution in [2.45, 2.75) is 68.3 Å². The Morgan fingerprint density at radius 1 is 0.744 bits per heavy atom. The average molecular weight is 611 g/mol. The van der Waals surface area contributed by atoms with Crippen molar-refractivity contribution in [2.75, 3.05) is 6.61 Å². The molecule has 0 bridgehead atoms. The fourth-order valence-electron chi connectivity index (χ4n) is 4.84. The lowest BCUT2D eigenvalue weighted by atomic mass is 9.98. The quantitative estimate of drug-likeness (QED) is 0.140. The normalized spacial score (nSPS) is 33.0. The molecule has 2 aliphatic heterocycles. The van der Waals surface area contributed by atoms with Crippen LogP contribution < -0.4 is 10.2 Å². The molecule has 43 heavy (non-hydrogen) atoms. The van der Waals surface area contributed by atoms with Crippen molar-refractivity contribution in [1.29, 1.82) is 0 Å². The molecule has 16 heteroatoms. The minimum atomic E-state index is -1.97. The lowest BCUT2D eigenvalue weighted by Gasteiger charge is -2.42. The first kappa shape index (κ1) is 30.7. The molecule has 2 aromatic carbocycles. The number of phenols is 4. The van der Waals surface area contributed by atoms with Gasteiger partial charge in [-0.1, -0.05) is 0 Å². The van der Waals surface area contributed by atoms with Crippen LogP contribution in [0.5, 0.6) is 28.7 Å². The molecule has 0 aliphatic carbocycles. The van der Waals surface area contributed by atoms with Gasteiger partial charge in [0.15, 0.2) is 23.5 Å². The summed E-state index contributed by atoms with van der Waals surface area (Å²) in [4.78, 5) is 13.6. The number of phenolic OH excluding ortho intramolecular Hbond substituents is 4. The maximum atomic E-state index is 13.6. The molecule has 1 aromatic heterocycles. The van der Waals surface area contributed by atoms with Gasteiger partial charge in [-0.2, -0.15) is 0 Å². The first-order valence-electron chi connectivity index (χ1n) is 13.0. The highest BCUT2D eigenvalue weighted by molar-refractivity contribution is 5.88. The number of benzene rings is 2. The Morgan fingerprint density at radius 3 is 2.12 bits per heavy atom. The standard InChI is InChI=1S/C27H30O16/c1-8-17(32)20(35)22(37)26(40-8)39-7-15-18(33)21(36)23(38)27(42-15)43-25-19(34)16-13(31)5-10(28)6-14(16)41-24(25)9-2-3-11(29)12(30)4-9/h2-6,8,15,17-18,20-23,26-33,35-38H,7H2,1H3/t8-,15+,17+,18-,20-,21-,22-,23-,26+,27-/m0/s1. The van der Waals surface area contributed by atoms with E-state index in [0.717, 1.165) is 24.3 Å². The van der Waals surface area contributed by atoms with Gasteiger partial charge >= 0.3 is 0 Å². The second-order valence-electron chi connectivity index (χ2n) is 10.3. The molecule has 2 saturated heterocycles. The van der Waals surface area contributed by atoms with E-state index in [1.807, 2.05) is 0 Å². The Balaban J connectivity index is 1.48. The van der Waals surface area contributed by atoms with Crippen LogP contribution in [0.25, 0.3) is 22.3 Å². The van der Waals surface area contributed by atoms with Crippen LogP contribution in [0, 0.1) is 0 Å². The summed E-state index contributed by atoms with van der Waals surface area (Å²) in [6.07, 6.45) is -16.2. The number of aliphatic hydroxyl groups excluding tert-OH is 6. The zero-order valence-electron chi connectivity index (χ0n) is 22.3. The maximum absolute atomic E-state index is 13.6. The van der Waals surface area contributed by atoms with Gasteiger partial charge in [-0.15, -0.1) is 0 Å². The predicted octanol–water partition coefficient (Wildman–Crippen LogP) is -1.69. The molecule has 3 heterocycles. The van der Waals surface area contributed by atoms with Gasteiger partial charge in [-0.3, -0.25) is 4.79 Å².